The number of rotatable bonds is 0. The first-order chi connectivity index (χ1) is 13.8. The Bertz CT molecular complexity index is 777. The third-order valence-corrected chi connectivity index (χ3v) is 9.96. The summed E-state index contributed by atoms with van der Waals surface area (Å²) in [6.07, 6.45) is 9.27. The molecule has 1 heterocycles. The smallest absolute Gasteiger partial charge is 0.205 e. The van der Waals surface area contributed by atoms with Gasteiger partial charge >= 0.3 is 0 Å². The zero-order valence-corrected chi connectivity index (χ0v) is 18.3. The number of aliphatic hydroxyl groups excluding tert-OH is 1. The second-order valence-electron chi connectivity index (χ2n) is 10.5. The molecule has 3 saturated carbocycles. The summed E-state index contributed by atoms with van der Waals surface area (Å²) in [5.41, 5.74) is -1.11. The van der Waals surface area contributed by atoms with E-state index < -0.39 is 11.4 Å². The van der Waals surface area contributed by atoms with Gasteiger partial charge in [-0.15, -0.1) is 0 Å². The zero-order valence-electron chi connectivity index (χ0n) is 17.5. The first kappa shape index (κ1) is 20.3. The van der Waals surface area contributed by atoms with Crippen molar-refractivity contribution in [3.8, 4) is 11.8 Å². The number of fused-ring (bicyclic) bond motifs is 5. The molecule has 0 amide bonds. The van der Waals surface area contributed by atoms with Crippen LogP contribution in [0.4, 0.5) is 0 Å². The molecule has 0 aromatic rings. The lowest BCUT2D eigenvalue weighted by atomic mass is 9.45. The second-order valence-corrected chi connectivity index (χ2v) is 10.9. The van der Waals surface area contributed by atoms with Crippen molar-refractivity contribution in [1.82, 2.24) is 0 Å². The van der Waals surface area contributed by atoms with Crippen molar-refractivity contribution in [2.45, 2.75) is 70.2 Å². The largest absolute Gasteiger partial charge is 0.384 e. The zero-order chi connectivity index (χ0) is 20.5. The molecule has 1 spiro atoms. The fraction of sp³-hybridized carbons (Fsp3) is 0.833. The number of allylic oxidation sites excluding steroid dienone is 1. The fourth-order valence-corrected chi connectivity index (χ4v) is 8.36. The minimum atomic E-state index is -0.973. The quantitative estimate of drug-likeness (QED) is 0.584. The van der Waals surface area contributed by atoms with Crippen molar-refractivity contribution in [3.63, 3.8) is 0 Å². The summed E-state index contributed by atoms with van der Waals surface area (Å²) in [6.45, 7) is 5.68. The van der Waals surface area contributed by atoms with Crippen LogP contribution in [0.2, 0.25) is 0 Å². The van der Waals surface area contributed by atoms with Gasteiger partial charge in [0.25, 0.3) is 0 Å². The molecule has 0 unspecified atom stereocenters. The van der Waals surface area contributed by atoms with E-state index in [0.29, 0.717) is 43.3 Å². The van der Waals surface area contributed by atoms with Crippen LogP contribution in [0.1, 0.15) is 58.8 Å². The highest BCUT2D eigenvalue weighted by atomic mass is 35.5. The fourth-order valence-electron chi connectivity index (χ4n) is 7.94. The van der Waals surface area contributed by atoms with Crippen LogP contribution in [0.3, 0.4) is 0 Å². The van der Waals surface area contributed by atoms with Crippen LogP contribution in [0.25, 0.3) is 0 Å². The average Bonchev–Trinajstić information content (AvgIpc) is 3.26. The van der Waals surface area contributed by atoms with E-state index in [1.54, 1.807) is 0 Å². The maximum absolute atomic E-state index is 11.4. The van der Waals surface area contributed by atoms with Crippen molar-refractivity contribution < 1.29 is 19.7 Å². The van der Waals surface area contributed by atoms with Gasteiger partial charge in [-0.1, -0.05) is 43.4 Å². The summed E-state index contributed by atoms with van der Waals surface area (Å²) >= 11 is 6.79. The van der Waals surface area contributed by atoms with Crippen molar-refractivity contribution in [2.24, 2.45) is 34.5 Å². The molecule has 4 nitrogen and oxygen atoms in total. The normalized spacial score (nSPS) is 50.2. The van der Waals surface area contributed by atoms with Gasteiger partial charge in [0.05, 0.1) is 18.2 Å². The average molecular weight is 421 g/mol. The van der Waals surface area contributed by atoms with Crippen LogP contribution >= 0.6 is 11.6 Å². The monoisotopic (exact) mass is 420 g/mol. The third-order valence-electron chi connectivity index (χ3n) is 9.56. The number of halogens is 1. The number of ether oxygens (including phenoxy) is 2. The highest BCUT2D eigenvalue weighted by Crippen LogP contribution is 2.68. The summed E-state index contributed by atoms with van der Waals surface area (Å²) in [4.78, 5) is 0. The first-order valence-electron chi connectivity index (χ1n) is 11.3. The SMILES string of the molecule is C[C@]12C=C(Cl)C3(C[C@@H]1CC[C@@H]1[C@@H]2CC[C@@]2(C)[C@H]1CC[C@@]2(O)C#CCO)OCCO3. The van der Waals surface area contributed by atoms with E-state index >= 15 is 0 Å². The summed E-state index contributed by atoms with van der Waals surface area (Å²) in [5, 5.41) is 21.3. The first-order valence-corrected chi connectivity index (χ1v) is 11.7. The van der Waals surface area contributed by atoms with Crippen LogP contribution in [-0.2, 0) is 9.47 Å². The van der Waals surface area contributed by atoms with Gasteiger partial charge in [0.2, 0.25) is 5.79 Å². The summed E-state index contributed by atoms with van der Waals surface area (Å²) in [7, 11) is 0. The Balaban J connectivity index is 1.47. The Morgan fingerprint density at radius 2 is 1.83 bits per heavy atom. The number of hydrogen-bond acceptors (Lipinski definition) is 4. The molecule has 29 heavy (non-hydrogen) atoms. The van der Waals surface area contributed by atoms with Crippen LogP contribution in [0.15, 0.2) is 11.1 Å². The topological polar surface area (TPSA) is 58.9 Å². The van der Waals surface area contributed by atoms with E-state index in [-0.39, 0.29) is 17.4 Å². The molecule has 0 radical (unpaired) electrons. The Kier molecular flexibility index (Phi) is 4.71. The van der Waals surface area contributed by atoms with Crippen LogP contribution in [0, 0.1) is 46.3 Å². The third kappa shape index (κ3) is 2.68. The van der Waals surface area contributed by atoms with Gasteiger partial charge in [0, 0.05) is 11.8 Å². The molecule has 5 rings (SSSR count). The van der Waals surface area contributed by atoms with Gasteiger partial charge in [-0.25, -0.2) is 0 Å². The predicted octanol–water partition coefficient (Wildman–Crippen LogP) is 3.84. The van der Waals surface area contributed by atoms with E-state index in [1.165, 1.54) is 6.42 Å². The molecule has 5 aliphatic rings. The highest BCUT2D eigenvalue weighted by molar-refractivity contribution is 6.30. The molecule has 160 valence electrons. The van der Waals surface area contributed by atoms with Crippen molar-refractivity contribution >= 4 is 11.6 Å². The van der Waals surface area contributed by atoms with Crippen molar-refractivity contribution in [2.75, 3.05) is 19.8 Å². The van der Waals surface area contributed by atoms with E-state index in [4.69, 9.17) is 26.2 Å². The van der Waals surface area contributed by atoms with E-state index in [1.807, 2.05) is 0 Å². The summed E-state index contributed by atoms with van der Waals surface area (Å²) in [6, 6.07) is 0. The molecule has 0 aromatic heterocycles. The van der Waals surface area contributed by atoms with Crippen molar-refractivity contribution in [1.29, 1.82) is 0 Å². The van der Waals surface area contributed by atoms with Crippen LogP contribution in [-0.4, -0.2) is 41.4 Å². The van der Waals surface area contributed by atoms with E-state index in [0.717, 1.165) is 37.1 Å². The summed E-state index contributed by atoms with van der Waals surface area (Å²) < 4.78 is 12.0. The van der Waals surface area contributed by atoms with Gasteiger partial charge in [-0.2, -0.15) is 0 Å². The van der Waals surface area contributed by atoms with Gasteiger partial charge in [-0.3, -0.25) is 0 Å². The molecule has 7 atom stereocenters. The van der Waals surface area contributed by atoms with Crippen LogP contribution < -0.4 is 0 Å². The predicted molar refractivity (Wildman–Crippen MR) is 111 cm³/mol. The molecule has 5 heteroatoms. The number of hydrogen-bond donors (Lipinski definition) is 2. The van der Waals surface area contributed by atoms with E-state index in [2.05, 4.69) is 31.8 Å². The number of aliphatic hydroxyl groups is 2. The Morgan fingerprint density at radius 1 is 1.10 bits per heavy atom. The molecule has 0 aromatic carbocycles. The second kappa shape index (κ2) is 6.71. The molecule has 1 aliphatic heterocycles. The molecule has 0 bridgehead atoms. The maximum Gasteiger partial charge on any atom is 0.205 e. The van der Waals surface area contributed by atoms with Gasteiger partial charge in [-0.05, 0) is 67.6 Å². The molecular weight excluding hydrogens is 388 g/mol. The lowest BCUT2D eigenvalue weighted by Gasteiger charge is -2.60. The Morgan fingerprint density at radius 3 is 2.55 bits per heavy atom. The minimum Gasteiger partial charge on any atom is -0.384 e. The molecule has 4 fully saturated rings. The lowest BCUT2D eigenvalue weighted by Crippen LogP contribution is -2.57. The molecule has 1 saturated heterocycles. The maximum atomic E-state index is 11.4. The molecule has 4 aliphatic carbocycles. The molecular formula is C24H33ClO4. The van der Waals surface area contributed by atoms with Gasteiger partial charge in [0.1, 0.15) is 12.2 Å². The van der Waals surface area contributed by atoms with Crippen molar-refractivity contribution in [3.05, 3.63) is 11.1 Å². The standard InChI is InChI=1S/C24H33ClO4/c1-21-15-20(25)24(28-12-13-29-24)14-16(21)4-5-17-18(21)6-9-22(2)19(17)7-10-23(22,27)8-3-11-26/h15-19,26-27H,4-7,9-14H2,1-2H3/t16-,17+,18-,19-,21-,22-,23-/m0/s1. The molecule has 2 N–H and O–H groups in total. The van der Waals surface area contributed by atoms with E-state index in [9.17, 15) is 5.11 Å². The Labute approximate surface area is 179 Å². The minimum absolute atomic E-state index is 0.0549. The van der Waals surface area contributed by atoms with Gasteiger partial charge in [0.15, 0.2) is 0 Å². The highest BCUT2D eigenvalue weighted by Gasteiger charge is 2.65. The van der Waals surface area contributed by atoms with Gasteiger partial charge < -0.3 is 19.7 Å². The lowest BCUT2D eigenvalue weighted by molar-refractivity contribution is -0.173. The summed E-state index contributed by atoms with van der Waals surface area (Å²) in [5.74, 6) is 7.23. The van der Waals surface area contributed by atoms with Crippen LogP contribution in [0.5, 0.6) is 0 Å². The Hall–Kier alpha value is -0.570.